The number of para-hydroxylation sites is 1. The van der Waals surface area contributed by atoms with Crippen LogP contribution in [-0.2, 0) is 6.61 Å². The zero-order chi connectivity index (χ0) is 13.0. The van der Waals surface area contributed by atoms with Gasteiger partial charge in [-0.05, 0) is 17.7 Å². The molecule has 1 aromatic heterocycles. The SMILES string of the molecule is COc1cccc(-c2cnccc2CO)c1OC. The number of hydrogen-bond acceptors (Lipinski definition) is 4. The van der Waals surface area contributed by atoms with Gasteiger partial charge in [-0.1, -0.05) is 12.1 Å². The minimum atomic E-state index is -0.0434. The zero-order valence-electron chi connectivity index (χ0n) is 10.4. The Balaban J connectivity index is 2.63. The van der Waals surface area contributed by atoms with E-state index in [4.69, 9.17) is 9.47 Å². The first kappa shape index (κ1) is 12.4. The Morgan fingerprint density at radius 2 is 1.94 bits per heavy atom. The molecule has 1 aromatic carbocycles. The zero-order valence-corrected chi connectivity index (χ0v) is 10.4. The maximum atomic E-state index is 9.37. The Kier molecular flexibility index (Phi) is 3.79. The second kappa shape index (κ2) is 5.51. The second-order valence-corrected chi connectivity index (χ2v) is 3.73. The molecule has 4 heteroatoms. The summed E-state index contributed by atoms with van der Waals surface area (Å²) in [6.45, 7) is -0.0434. The Morgan fingerprint density at radius 1 is 1.11 bits per heavy atom. The average molecular weight is 245 g/mol. The number of aromatic nitrogens is 1. The molecule has 0 amide bonds. The molecule has 4 nitrogen and oxygen atoms in total. The third-order valence-electron chi connectivity index (χ3n) is 2.77. The fourth-order valence-corrected chi connectivity index (χ4v) is 1.90. The molecule has 0 radical (unpaired) electrons. The van der Waals surface area contributed by atoms with Crippen LogP contribution in [0.2, 0.25) is 0 Å². The van der Waals surface area contributed by atoms with Gasteiger partial charge in [0, 0.05) is 23.5 Å². The van der Waals surface area contributed by atoms with E-state index in [1.165, 1.54) is 0 Å². The molecule has 0 atom stereocenters. The van der Waals surface area contributed by atoms with Crippen LogP contribution in [0.15, 0.2) is 36.7 Å². The smallest absolute Gasteiger partial charge is 0.168 e. The number of aliphatic hydroxyl groups excluding tert-OH is 1. The average Bonchev–Trinajstić information content (AvgIpc) is 2.46. The molecule has 2 aromatic rings. The fraction of sp³-hybridized carbons (Fsp3) is 0.214. The van der Waals surface area contributed by atoms with E-state index in [-0.39, 0.29) is 6.61 Å². The van der Waals surface area contributed by atoms with Crippen molar-refractivity contribution in [2.75, 3.05) is 14.2 Å². The molecule has 1 heterocycles. The van der Waals surface area contributed by atoms with E-state index in [1.807, 2.05) is 18.2 Å². The Morgan fingerprint density at radius 3 is 2.61 bits per heavy atom. The van der Waals surface area contributed by atoms with E-state index >= 15 is 0 Å². The first-order valence-electron chi connectivity index (χ1n) is 5.57. The van der Waals surface area contributed by atoms with Crippen LogP contribution in [0, 0.1) is 0 Å². The second-order valence-electron chi connectivity index (χ2n) is 3.73. The monoisotopic (exact) mass is 245 g/mol. The lowest BCUT2D eigenvalue weighted by Crippen LogP contribution is -1.96. The number of ether oxygens (including phenoxy) is 2. The molecule has 0 aliphatic heterocycles. The normalized spacial score (nSPS) is 10.2. The maximum absolute atomic E-state index is 9.37. The van der Waals surface area contributed by atoms with Crippen molar-refractivity contribution in [2.24, 2.45) is 0 Å². The van der Waals surface area contributed by atoms with Gasteiger partial charge in [0.15, 0.2) is 11.5 Å². The van der Waals surface area contributed by atoms with Crippen molar-refractivity contribution in [2.45, 2.75) is 6.61 Å². The first-order chi connectivity index (χ1) is 8.81. The summed E-state index contributed by atoms with van der Waals surface area (Å²) in [6.07, 6.45) is 3.37. The molecule has 2 rings (SSSR count). The van der Waals surface area contributed by atoms with Crippen LogP contribution in [0.4, 0.5) is 0 Å². The van der Waals surface area contributed by atoms with Crippen molar-refractivity contribution < 1.29 is 14.6 Å². The highest BCUT2D eigenvalue weighted by molar-refractivity contribution is 5.75. The number of benzene rings is 1. The van der Waals surface area contributed by atoms with Crippen molar-refractivity contribution in [3.8, 4) is 22.6 Å². The molecule has 0 fully saturated rings. The van der Waals surface area contributed by atoms with Gasteiger partial charge in [0.2, 0.25) is 0 Å². The Bertz CT molecular complexity index is 540. The van der Waals surface area contributed by atoms with E-state index in [0.717, 1.165) is 16.7 Å². The van der Waals surface area contributed by atoms with Gasteiger partial charge in [-0.25, -0.2) is 0 Å². The molecule has 0 aliphatic rings. The van der Waals surface area contributed by atoms with Crippen LogP contribution < -0.4 is 9.47 Å². The number of rotatable bonds is 4. The van der Waals surface area contributed by atoms with Gasteiger partial charge >= 0.3 is 0 Å². The van der Waals surface area contributed by atoms with Crippen LogP contribution in [0.25, 0.3) is 11.1 Å². The number of hydrogen-bond donors (Lipinski definition) is 1. The summed E-state index contributed by atoms with van der Waals surface area (Å²) in [6, 6.07) is 7.41. The van der Waals surface area contributed by atoms with Gasteiger partial charge in [-0.2, -0.15) is 0 Å². The summed E-state index contributed by atoms with van der Waals surface area (Å²) in [5, 5.41) is 9.37. The van der Waals surface area contributed by atoms with Crippen molar-refractivity contribution in [3.05, 3.63) is 42.2 Å². The third-order valence-corrected chi connectivity index (χ3v) is 2.77. The number of pyridine rings is 1. The highest BCUT2D eigenvalue weighted by Gasteiger charge is 2.13. The first-order valence-corrected chi connectivity index (χ1v) is 5.57. The molecular formula is C14H15NO3. The van der Waals surface area contributed by atoms with Crippen molar-refractivity contribution >= 4 is 0 Å². The van der Waals surface area contributed by atoms with Gasteiger partial charge in [0.05, 0.1) is 20.8 Å². The summed E-state index contributed by atoms with van der Waals surface area (Å²) in [5.41, 5.74) is 2.50. The summed E-state index contributed by atoms with van der Waals surface area (Å²) in [5.74, 6) is 1.30. The summed E-state index contributed by atoms with van der Waals surface area (Å²) < 4.78 is 10.7. The molecule has 0 spiro atoms. The van der Waals surface area contributed by atoms with Gasteiger partial charge in [0.25, 0.3) is 0 Å². The maximum Gasteiger partial charge on any atom is 0.168 e. The predicted molar refractivity (Wildman–Crippen MR) is 68.7 cm³/mol. The minimum Gasteiger partial charge on any atom is -0.493 e. The molecule has 18 heavy (non-hydrogen) atoms. The van der Waals surface area contributed by atoms with Crippen molar-refractivity contribution in [3.63, 3.8) is 0 Å². The number of methoxy groups -OCH3 is 2. The predicted octanol–water partition coefficient (Wildman–Crippen LogP) is 2.26. The third kappa shape index (κ3) is 2.15. The number of aliphatic hydroxyl groups is 1. The van der Waals surface area contributed by atoms with E-state index in [1.54, 1.807) is 32.7 Å². The lowest BCUT2D eigenvalue weighted by atomic mass is 10.0. The highest BCUT2D eigenvalue weighted by atomic mass is 16.5. The van der Waals surface area contributed by atoms with Crippen molar-refractivity contribution in [1.29, 1.82) is 0 Å². The lowest BCUT2D eigenvalue weighted by Gasteiger charge is -2.14. The van der Waals surface area contributed by atoms with Crippen LogP contribution in [0.3, 0.4) is 0 Å². The van der Waals surface area contributed by atoms with Crippen LogP contribution in [0.5, 0.6) is 11.5 Å². The van der Waals surface area contributed by atoms with Crippen LogP contribution >= 0.6 is 0 Å². The highest BCUT2D eigenvalue weighted by Crippen LogP contribution is 2.38. The summed E-state index contributed by atoms with van der Waals surface area (Å²) in [4.78, 5) is 4.09. The van der Waals surface area contributed by atoms with E-state index < -0.39 is 0 Å². The summed E-state index contributed by atoms with van der Waals surface area (Å²) >= 11 is 0. The molecule has 0 unspecified atom stereocenters. The Labute approximate surface area is 106 Å². The van der Waals surface area contributed by atoms with E-state index in [9.17, 15) is 5.11 Å². The quantitative estimate of drug-likeness (QED) is 0.897. The van der Waals surface area contributed by atoms with Crippen molar-refractivity contribution in [1.82, 2.24) is 4.98 Å². The topological polar surface area (TPSA) is 51.6 Å². The molecule has 0 saturated carbocycles. The van der Waals surface area contributed by atoms with Gasteiger partial charge in [0.1, 0.15) is 0 Å². The van der Waals surface area contributed by atoms with E-state index in [2.05, 4.69) is 4.98 Å². The molecular weight excluding hydrogens is 230 g/mol. The van der Waals surface area contributed by atoms with Crippen LogP contribution in [-0.4, -0.2) is 24.3 Å². The van der Waals surface area contributed by atoms with Gasteiger partial charge < -0.3 is 14.6 Å². The van der Waals surface area contributed by atoms with E-state index in [0.29, 0.717) is 11.5 Å². The molecule has 94 valence electrons. The molecule has 0 bridgehead atoms. The standard InChI is InChI=1S/C14H15NO3/c1-17-13-5-3-4-11(14(13)18-2)12-8-15-7-6-10(12)9-16/h3-8,16H,9H2,1-2H3. The molecule has 0 saturated heterocycles. The summed E-state index contributed by atoms with van der Waals surface area (Å²) in [7, 11) is 3.19. The van der Waals surface area contributed by atoms with Gasteiger partial charge in [-0.15, -0.1) is 0 Å². The Hall–Kier alpha value is -2.07. The largest absolute Gasteiger partial charge is 0.493 e. The fourth-order valence-electron chi connectivity index (χ4n) is 1.90. The molecule has 1 N–H and O–H groups in total. The minimum absolute atomic E-state index is 0.0434. The lowest BCUT2D eigenvalue weighted by molar-refractivity contribution is 0.282. The van der Waals surface area contributed by atoms with Gasteiger partial charge in [-0.3, -0.25) is 4.98 Å². The van der Waals surface area contributed by atoms with Crippen LogP contribution in [0.1, 0.15) is 5.56 Å². The number of nitrogens with zero attached hydrogens (tertiary/aromatic N) is 1. The molecule has 0 aliphatic carbocycles.